The first kappa shape index (κ1) is 23.9. The summed E-state index contributed by atoms with van der Waals surface area (Å²) in [6, 6.07) is 17.2. The van der Waals surface area contributed by atoms with Crippen LogP contribution in [0.25, 0.3) is 0 Å². The van der Waals surface area contributed by atoms with Gasteiger partial charge in [0.2, 0.25) is 0 Å². The lowest BCUT2D eigenvalue weighted by atomic mass is 9.94. The molecule has 0 bridgehead atoms. The quantitative estimate of drug-likeness (QED) is 0.498. The maximum Gasteiger partial charge on any atom is 0.256 e. The number of benzene rings is 2. The number of anilines is 1. The Kier molecular flexibility index (Phi) is 7.83. The Labute approximate surface area is 204 Å². The Morgan fingerprint density at radius 1 is 1.06 bits per heavy atom. The highest BCUT2D eigenvalue weighted by atomic mass is 35.5. The molecule has 1 aliphatic rings. The van der Waals surface area contributed by atoms with Gasteiger partial charge in [0.15, 0.2) is 0 Å². The second-order valence-electron chi connectivity index (χ2n) is 8.37. The average molecular weight is 484 g/mol. The van der Waals surface area contributed by atoms with Crippen molar-refractivity contribution in [3.63, 3.8) is 0 Å². The molecule has 1 fully saturated rings. The molecule has 7 heteroatoms. The zero-order valence-corrected chi connectivity index (χ0v) is 20.6. The highest BCUT2D eigenvalue weighted by Gasteiger charge is 2.32. The van der Waals surface area contributed by atoms with E-state index in [4.69, 9.17) is 11.6 Å². The summed E-state index contributed by atoms with van der Waals surface area (Å²) in [6.07, 6.45) is 0. The van der Waals surface area contributed by atoms with Gasteiger partial charge in [-0.1, -0.05) is 48.0 Å². The maximum atomic E-state index is 13.0. The number of halogens is 1. The predicted molar refractivity (Wildman–Crippen MR) is 137 cm³/mol. The summed E-state index contributed by atoms with van der Waals surface area (Å²) in [6.45, 7) is 8.58. The van der Waals surface area contributed by atoms with Crippen LogP contribution in [-0.4, -0.2) is 60.1 Å². The van der Waals surface area contributed by atoms with Crippen molar-refractivity contribution in [1.82, 2.24) is 9.80 Å². The van der Waals surface area contributed by atoms with Crippen LogP contribution in [0.15, 0.2) is 54.6 Å². The Bertz CT molecular complexity index is 1090. The average Bonchev–Trinajstić information content (AvgIpc) is 3.10. The lowest BCUT2D eigenvalue weighted by molar-refractivity contribution is 0.0945. The molecule has 2 heterocycles. The fourth-order valence-corrected chi connectivity index (χ4v) is 5.78. The maximum absolute atomic E-state index is 13.0. The summed E-state index contributed by atoms with van der Waals surface area (Å²) in [5.41, 5.74) is 3.99. The highest BCUT2D eigenvalue weighted by molar-refractivity contribution is 7.16. The molecule has 1 aromatic heterocycles. The Morgan fingerprint density at radius 2 is 1.73 bits per heavy atom. The smallest absolute Gasteiger partial charge is 0.256 e. The summed E-state index contributed by atoms with van der Waals surface area (Å²) < 4.78 is 0. The van der Waals surface area contributed by atoms with Crippen molar-refractivity contribution >= 4 is 33.8 Å². The van der Waals surface area contributed by atoms with Crippen molar-refractivity contribution in [2.75, 3.05) is 44.6 Å². The monoisotopic (exact) mass is 483 g/mol. The number of hydrogen-bond acceptors (Lipinski definition) is 5. The molecule has 0 radical (unpaired) electrons. The first-order chi connectivity index (χ1) is 16.0. The molecule has 1 atom stereocenters. The zero-order valence-electron chi connectivity index (χ0n) is 19.1. The first-order valence-corrected chi connectivity index (χ1v) is 12.5. The van der Waals surface area contributed by atoms with Crippen LogP contribution in [0.3, 0.4) is 0 Å². The number of thiophene rings is 1. The number of nitrogens with one attached hydrogen (secondary N) is 1. The van der Waals surface area contributed by atoms with E-state index in [0.717, 1.165) is 47.3 Å². The van der Waals surface area contributed by atoms with Crippen LogP contribution in [0.5, 0.6) is 0 Å². The molecular weight excluding hydrogens is 454 g/mol. The summed E-state index contributed by atoms with van der Waals surface area (Å²) in [5, 5.41) is 14.1. The number of hydrogen-bond donors (Lipinski definition) is 2. The van der Waals surface area contributed by atoms with Crippen LogP contribution in [0.2, 0.25) is 5.02 Å². The van der Waals surface area contributed by atoms with Crippen molar-refractivity contribution in [2.45, 2.75) is 19.9 Å². The molecule has 0 unspecified atom stereocenters. The van der Waals surface area contributed by atoms with Gasteiger partial charge < -0.3 is 10.4 Å². The van der Waals surface area contributed by atoms with Gasteiger partial charge in [0.05, 0.1) is 12.6 Å². The van der Waals surface area contributed by atoms with Crippen molar-refractivity contribution in [3.8, 4) is 0 Å². The number of carbonyl (C=O) groups is 1. The molecular formula is C26H30ClN3O2S. The van der Waals surface area contributed by atoms with E-state index in [2.05, 4.69) is 35.0 Å². The normalized spacial score (nSPS) is 16.0. The molecule has 1 amide bonds. The molecule has 0 spiro atoms. The van der Waals surface area contributed by atoms with E-state index >= 15 is 0 Å². The number of β-amino-alcohol motifs (C(OH)–C–C–N with tert-alkyl or cyclic N) is 1. The van der Waals surface area contributed by atoms with Crippen molar-refractivity contribution in [1.29, 1.82) is 0 Å². The number of carbonyl (C=O) groups excluding carboxylic acids is 1. The minimum Gasteiger partial charge on any atom is -0.395 e. The lowest BCUT2D eigenvalue weighted by Gasteiger charge is -2.40. The van der Waals surface area contributed by atoms with Gasteiger partial charge in [-0.25, -0.2) is 0 Å². The van der Waals surface area contributed by atoms with E-state index in [-0.39, 0.29) is 18.6 Å². The number of amides is 1. The summed E-state index contributed by atoms with van der Waals surface area (Å²) in [4.78, 5) is 18.9. The van der Waals surface area contributed by atoms with E-state index in [0.29, 0.717) is 12.1 Å². The van der Waals surface area contributed by atoms with Gasteiger partial charge in [-0.3, -0.25) is 14.6 Å². The third kappa shape index (κ3) is 5.31. The van der Waals surface area contributed by atoms with Crippen LogP contribution in [0, 0.1) is 13.8 Å². The standard InChI is InChI=1S/C26H30ClN3O2S/c1-18-19(2)33-26(28-25(32)20-8-4-3-5-9-20)23(18)24(21-10-6-7-11-22(21)27)30-14-12-29(13-15-30)16-17-31/h3-11,24,31H,12-17H2,1-2H3,(H,28,32)/t24-/m0/s1. The van der Waals surface area contributed by atoms with E-state index in [1.165, 1.54) is 10.4 Å². The van der Waals surface area contributed by atoms with Gasteiger partial charge in [0.1, 0.15) is 5.00 Å². The molecule has 3 aromatic rings. The number of rotatable bonds is 7. The molecule has 2 aromatic carbocycles. The van der Waals surface area contributed by atoms with Gasteiger partial charge in [-0.2, -0.15) is 0 Å². The van der Waals surface area contributed by atoms with Gasteiger partial charge >= 0.3 is 0 Å². The van der Waals surface area contributed by atoms with Crippen molar-refractivity contribution in [3.05, 3.63) is 86.8 Å². The number of nitrogens with zero attached hydrogens (tertiary/aromatic N) is 2. The molecule has 5 nitrogen and oxygen atoms in total. The number of aliphatic hydroxyl groups excluding tert-OH is 1. The second kappa shape index (κ2) is 10.8. The minimum absolute atomic E-state index is 0.0639. The lowest BCUT2D eigenvalue weighted by Crippen LogP contribution is -2.48. The van der Waals surface area contributed by atoms with E-state index in [1.54, 1.807) is 11.3 Å². The van der Waals surface area contributed by atoms with E-state index in [9.17, 15) is 9.90 Å². The minimum atomic E-state index is -0.108. The molecule has 4 rings (SSSR count). The van der Waals surface area contributed by atoms with Crippen molar-refractivity contribution < 1.29 is 9.90 Å². The van der Waals surface area contributed by atoms with Crippen molar-refractivity contribution in [2.24, 2.45) is 0 Å². The molecule has 1 aliphatic heterocycles. The number of aryl methyl sites for hydroxylation is 1. The molecule has 174 valence electrons. The predicted octanol–water partition coefficient (Wildman–Crippen LogP) is 4.97. The number of aliphatic hydroxyl groups is 1. The topological polar surface area (TPSA) is 55.8 Å². The molecule has 0 saturated carbocycles. The Morgan fingerprint density at radius 3 is 2.39 bits per heavy atom. The van der Waals surface area contributed by atoms with Crippen LogP contribution >= 0.6 is 22.9 Å². The second-order valence-corrected chi connectivity index (χ2v) is 10.0. The first-order valence-electron chi connectivity index (χ1n) is 11.3. The van der Waals surface area contributed by atoms with Gasteiger partial charge in [0.25, 0.3) is 5.91 Å². The molecule has 0 aliphatic carbocycles. The zero-order chi connectivity index (χ0) is 23.4. The SMILES string of the molecule is Cc1sc(NC(=O)c2ccccc2)c([C@H](c2ccccc2Cl)N2CCN(CCO)CC2)c1C. The van der Waals surface area contributed by atoms with E-state index < -0.39 is 0 Å². The van der Waals surface area contributed by atoms with Crippen LogP contribution in [0.1, 0.15) is 38.0 Å². The fraction of sp³-hybridized carbons (Fsp3) is 0.346. The summed E-state index contributed by atoms with van der Waals surface area (Å²) in [5.74, 6) is -0.108. The summed E-state index contributed by atoms with van der Waals surface area (Å²) >= 11 is 8.35. The van der Waals surface area contributed by atoms with Crippen LogP contribution in [0.4, 0.5) is 5.00 Å². The van der Waals surface area contributed by atoms with Crippen LogP contribution in [-0.2, 0) is 0 Å². The van der Waals surface area contributed by atoms with Gasteiger partial charge in [0, 0.05) is 53.8 Å². The molecule has 2 N–H and O–H groups in total. The molecule has 1 saturated heterocycles. The largest absolute Gasteiger partial charge is 0.395 e. The van der Waals surface area contributed by atoms with E-state index in [1.807, 2.05) is 48.5 Å². The third-order valence-electron chi connectivity index (χ3n) is 6.36. The molecule has 33 heavy (non-hydrogen) atoms. The van der Waals surface area contributed by atoms with Gasteiger partial charge in [-0.05, 0) is 43.2 Å². The fourth-order valence-electron chi connectivity index (χ4n) is 4.45. The third-order valence-corrected chi connectivity index (χ3v) is 7.84. The highest BCUT2D eigenvalue weighted by Crippen LogP contribution is 2.44. The summed E-state index contributed by atoms with van der Waals surface area (Å²) in [7, 11) is 0. The van der Waals surface area contributed by atoms with Gasteiger partial charge in [-0.15, -0.1) is 11.3 Å². The Hall–Kier alpha value is -2.22. The van der Waals surface area contributed by atoms with Crippen LogP contribution < -0.4 is 5.32 Å². The number of piperazine rings is 1. The Balaban J connectivity index is 1.73.